The Bertz CT molecular complexity index is 1050. The summed E-state index contributed by atoms with van der Waals surface area (Å²) in [7, 11) is 0. The molecule has 0 radical (unpaired) electrons. The lowest BCUT2D eigenvalue weighted by molar-refractivity contribution is -0.137. The predicted molar refractivity (Wildman–Crippen MR) is 97.4 cm³/mol. The molecule has 1 heterocycles. The minimum atomic E-state index is -4.54. The minimum Gasteiger partial charge on any atom is -0.462 e. The Balaban J connectivity index is 2.19. The van der Waals surface area contributed by atoms with E-state index < -0.39 is 23.5 Å². The SMILES string of the molecule is CCOC(=O)c1cnc2cc(C(F)(F)F)ccc2c1Nc1ccc(F)cc1Cl. The maximum atomic E-state index is 13.3. The van der Waals surface area contributed by atoms with E-state index in [4.69, 9.17) is 16.3 Å². The summed E-state index contributed by atoms with van der Waals surface area (Å²) < 4.78 is 57.3. The standard InChI is InChI=1S/C19H13ClF4N2O2/c1-2-28-18(27)13-9-25-16-7-10(19(22,23)24)3-5-12(16)17(13)26-15-6-4-11(21)8-14(15)20/h3-9H,2H2,1H3,(H,25,26). The smallest absolute Gasteiger partial charge is 0.416 e. The third-order valence-corrected chi connectivity index (χ3v) is 4.20. The molecule has 28 heavy (non-hydrogen) atoms. The van der Waals surface area contributed by atoms with Crippen LogP contribution < -0.4 is 5.32 Å². The lowest BCUT2D eigenvalue weighted by Crippen LogP contribution is -2.10. The van der Waals surface area contributed by atoms with Crippen LogP contribution in [-0.2, 0) is 10.9 Å². The van der Waals surface area contributed by atoms with Gasteiger partial charge in [-0.05, 0) is 37.3 Å². The summed E-state index contributed by atoms with van der Waals surface area (Å²) >= 11 is 6.03. The van der Waals surface area contributed by atoms with Crippen LogP contribution in [0.4, 0.5) is 28.9 Å². The number of nitrogens with zero attached hydrogens (tertiary/aromatic N) is 1. The number of aromatic nitrogens is 1. The van der Waals surface area contributed by atoms with Gasteiger partial charge in [0.15, 0.2) is 0 Å². The van der Waals surface area contributed by atoms with Gasteiger partial charge in [-0.1, -0.05) is 17.7 Å². The van der Waals surface area contributed by atoms with Crippen molar-refractivity contribution in [2.45, 2.75) is 13.1 Å². The van der Waals surface area contributed by atoms with Gasteiger partial charge in [-0.3, -0.25) is 4.98 Å². The molecular weight excluding hydrogens is 400 g/mol. The largest absolute Gasteiger partial charge is 0.462 e. The summed E-state index contributed by atoms with van der Waals surface area (Å²) in [5, 5.41) is 3.17. The third-order valence-electron chi connectivity index (χ3n) is 3.88. The predicted octanol–water partition coefficient (Wildman–Crippen LogP) is 5.97. The lowest BCUT2D eigenvalue weighted by Gasteiger charge is -2.16. The van der Waals surface area contributed by atoms with Crippen molar-refractivity contribution in [3.63, 3.8) is 0 Å². The fourth-order valence-corrected chi connectivity index (χ4v) is 2.81. The molecule has 0 aliphatic carbocycles. The highest BCUT2D eigenvalue weighted by Crippen LogP contribution is 2.36. The summed E-state index contributed by atoms with van der Waals surface area (Å²) in [4.78, 5) is 16.3. The van der Waals surface area contributed by atoms with E-state index in [1.807, 2.05) is 0 Å². The third kappa shape index (κ3) is 4.01. The number of hydrogen-bond acceptors (Lipinski definition) is 4. The quantitative estimate of drug-likeness (QED) is 0.424. The highest BCUT2D eigenvalue weighted by atomic mass is 35.5. The van der Waals surface area contributed by atoms with Crippen molar-refractivity contribution in [2.24, 2.45) is 0 Å². The summed E-state index contributed by atoms with van der Waals surface area (Å²) in [6.45, 7) is 1.71. The second kappa shape index (κ2) is 7.63. The van der Waals surface area contributed by atoms with E-state index in [1.54, 1.807) is 6.92 Å². The van der Waals surface area contributed by atoms with Crippen LogP contribution in [0.25, 0.3) is 10.9 Å². The number of hydrogen-bond donors (Lipinski definition) is 1. The fourth-order valence-electron chi connectivity index (χ4n) is 2.59. The van der Waals surface area contributed by atoms with Gasteiger partial charge in [-0.25, -0.2) is 9.18 Å². The first-order valence-electron chi connectivity index (χ1n) is 8.10. The van der Waals surface area contributed by atoms with E-state index in [1.165, 1.54) is 12.1 Å². The molecule has 0 atom stereocenters. The van der Waals surface area contributed by atoms with Crippen LogP contribution in [0.3, 0.4) is 0 Å². The molecule has 0 aliphatic heterocycles. The Morgan fingerprint density at radius 2 is 1.96 bits per heavy atom. The average molecular weight is 413 g/mol. The van der Waals surface area contributed by atoms with E-state index in [-0.39, 0.29) is 39.5 Å². The Morgan fingerprint density at radius 1 is 1.21 bits per heavy atom. The molecule has 0 aliphatic rings. The first-order chi connectivity index (χ1) is 13.2. The van der Waals surface area contributed by atoms with Crippen LogP contribution in [0.5, 0.6) is 0 Å². The van der Waals surface area contributed by atoms with Gasteiger partial charge >= 0.3 is 12.1 Å². The molecule has 3 rings (SSSR count). The van der Waals surface area contributed by atoms with Crippen LogP contribution in [0.1, 0.15) is 22.8 Å². The van der Waals surface area contributed by atoms with Crippen molar-refractivity contribution in [3.8, 4) is 0 Å². The summed E-state index contributed by atoms with van der Waals surface area (Å²) in [5.41, 5.74) is -0.424. The highest BCUT2D eigenvalue weighted by Gasteiger charge is 2.31. The number of nitrogens with one attached hydrogen (secondary N) is 1. The van der Waals surface area contributed by atoms with Crippen LogP contribution in [0.2, 0.25) is 5.02 Å². The topological polar surface area (TPSA) is 51.2 Å². The zero-order valence-electron chi connectivity index (χ0n) is 14.4. The molecule has 3 aromatic rings. The normalized spacial score (nSPS) is 11.5. The summed E-state index contributed by atoms with van der Waals surface area (Å²) in [6, 6.07) is 6.54. The molecule has 9 heteroatoms. The summed E-state index contributed by atoms with van der Waals surface area (Å²) in [6.07, 6.45) is -3.41. The molecule has 1 N–H and O–H groups in total. The number of alkyl halides is 3. The number of benzene rings is 2. The number of halogens is 5. The molecule has 2 aromatic carbocycles. The van der Waals surface area contributed by atoms with Gasteiger partial charge < -0.3 is 10.1 Å². The van der Waals surface area contributed by atoms with Gasteiger partial charge in [-0.15, -0.1) is 0 Å². The van der Waals surface area contributed by atoms with Gasteiger partial charge in [0.25, 0.3) is 0 Å². The summed E-state index contributed by atoms with van der Waals surface area (Å²) in [5.74, 6) is -1.27. The van der Waals surface area contributed by atoms with Gasteiger partial charge in [0.1, 0.15) is 11.4 Å². The molecular formula is C19H13ClF4N2O2. The van der Waals surface area contributed by atoms with Crippen molar-refractivity contribution in [2.75, 3.05) is 11.9 Å². The van der Waals surface area contributed by atoms with Gasteiger partial charge in [-0.2, -0.15) is 13.2 Å². The van der Waals surface area contributed by atoms with Crippen molar-refractivity contribution >= 4 is 39.8 Å². The van der Waals surface area contributed by atoms with E-state index in [2.05, 4.69) is 10.3 Å². The van der Waals surface area contributed by atoms with Crippen molar-refractivity contribution in [3.05, 3.63) is 64.6 Å². The van der Waals surface area contributed by atoms with Crippen LogP contribution in [0.15, 0.2) is 42.6 Å². The first-order valence-corrected chi connectivity index (χ1v) is 8.47. The molecule has 0 saturated heterocycles. The fraction of sp³-hybridized carbons (Fsp3) is 0.158. The minimum absolute atomic E-state index is 0.00880. The van der Waals surface area contributed by atoms with Crippen molar-refractivity contribution < 1.29 is 27.1 Å². The van der Waals surface area contributed by atoms with E-state index in [9.17, 15) is 22.4 Å². The average Bonchev–Trinajstić information content (AvgIpc) is 2.63. The number of ether oxygens (including phenoxy) is 1. The van der Waals surface area contributed by atoms with Crippen LogP contribution >= 0.6 is 11.6 Å². The van der Waals surface area contributed by atoms with Gasteiger partial charge in [0.05, 0.1) is 34.1 Å². The van der Waals surface area contributed by atoms with Gasteiger partial charge in [0.2, 0.25) is 0 Å². The molecule has 1 aromatic heterocycles. The molecule has 0 unspecified atom stereocenters. The number of rotatable bonds is 4. The second-order valence-electron chi connectivity index (χ2n) is 5.75. The number of pyridine rings is 1. The van der Waals surface area contributed by atoms with Crippen molar-refractivity contribution in [1.82, 2.24) is 4.98 Å². The molecule has 0 saturated carbocycles. The van der Waals surface area contributed by atoms with E-state index in [0.717, 1.165) is 30.5 Å². The number of carbonyl (C=O) groups excluding carboxylic acids is 1. The molecule has 0 fully saturated rings. The number of esters is 1. The van der Waals surface area contributed by atoms with E-state index >= 15 is 0 Å². The Labute approximate surface area is 162 Å². The van der Waals surface area contributed by atoms with E-state index in [0.29, 0.717) is 0 Å². The first kappa shape index (κ1) is 19.9. The van der Waals surface area contributed by atoms with Gasteiger partial charge in [0, 0.05) is 11.6 Å². The second-order valence-corrected chi connectivity index (χ2v) is 6.15. The van der Waals surface area contributed by atoms with Crippen LogP contribution in [0, 0.1) is 5.82 Å². The zero-order valence-corrected chi connectivity index (χ0v) is 15.2. The Morgan fingerprint density at radius 3 is 2.61 bits per heavy atom. The monoisotopic (exact) mass is 412 g/mol. The Hall–Kier alpha value is -2.87. The molecule has 0 amide bonds. The highest BCUT2D eigenvalue weighted by molar-refractivity contribution is 6.33. The molecule has 0 spiro atoms. The maximum absolute atomic E-state index is 13.3. The lowest BCUT2D eigenvalue weighted by atomic mass is 10.1. The van der Waals surface area contributed by atoms with Crippen molar-refractivity contribution in [1.29, 1.82) is 0 Å². The number of carbonyl (C=O) groups is 1. The molecule has 0 bridgehead atoms. The maximum Gasteiger partial charge on any atom is 0.416 e. The molecule has 146 valence electrons. The van der Waals surface area contributed by atoms with Crippen LogP contribution in [-0.4, -0.2) is 17.6 Å². The Kier molecular flexibility index (Phi) is 5.42. The number of anilines is 2. The number of fused-ring (bicyclic) bond motifs is 1. The molecule has 4 nitrogen and oxygen atoms in total. The zero-order chi connectivity index (χ0) is 20.5.